The maximum atomic E-state index is 12.1. The molecule has 0 unspecified atom stereocenters. The Hall–Kier alpha value is -1.01. The zero-order valence-electron chi connectivity index (χ0n) is 11.7. The van der Waals surface area contributed by atoms with E-state index in [9.17, 15) is 4.79 Å². The monoisotopic (exact) mass is 295 g/mol. The molecule has 1 amide bonds. The summed E-state index contributed by atoms with van der Waals surface area (Å²) in [5.41, 5.74) is 0.473. The second kappa shape index (κ2) is 6.63. The van der Waals surface area contributed by atoms with E-state index in [1.807, 2.05) is 4.90 Å². The summed E-state index contributed by atoms with van der Waals surface area (Å²) in [5, 5.41) is 0. The van der Waals surface area contributed by atoms with Crippen LogP contribution in [0.25, 0.3) is 0 Å². The molecule has 0 atom stereocenters. The first-order chi connectivity index (χ1) is 9.83. The molecule has 110 valence electrons. The maximum absolute atomic E-state index is 12.1. The van der Waals surface area contributed by atoms with Gasteiger partial charge in [-0.3, -0.25) is 4.79 Å². The second-order valence-corrected chi connectivity index (χ2v) is 6.32. The van der Waals surface area contributed by atoms with E-state index in [2.05, 4.69) is 8.75 Å². The molecule has 0 radical (unpaired) electrons. The van der Waals surface area contributed by atoms with Crippen LogP contribution in [0.5, 0.6) is 0 Å². The van der Waals surface area contributed by atoms with Crippen molar-refractivity contribution in [3.63, 3.8) is 0 Å². The molecule has 1 aromatic heterocycles. The van der Waals surface area contributed by atoms with E-state index in [4.69, 9.17) is 4.74 Å². The Morgan fingerprint density at radius 3 is 2.70 bits per heavy atom. The summed E-state index contributed by atoms with van der Waals surface area (Å²) in [6.07, 6.45) is 9.14. The van der Waals surface area contributed by atoms with Crippen molar-refractivity contribution in [1.29, 1.82) is 0 Å². The standard InChI is InChI=1S/C14H21N3O2S/c18-14(13-9-15-20-16-13)17-7-5-12(6-8-17)19-10-11-3-1-2-4-11/h9,11-12H,1-8,10H2. The van der Waals surface area contributed by atoms with E-state index in [-0.39, 0.29) is 5.91 Å². The average molecular weight is 295 g/mol. The Morgan fingerprint density at radius 1 is 1.30 bits per heavy atom. The third-order valence-electron chi connectivity index (χ3n) is 4.35. The molecule has 0 N–H and O–H groups in total. The number of carbonyl (C=O) groups excluding carboxylic acids is 1. The van der Waals surface area contributed by atoms with Gasteiger partial charge in [0.05, 0.1) is 24.0 Å². The molecule has 1 aromatic rings. The minimum atomic E-state index is 0.00740. The van der Waals surface area contributed by atoms with Crippen LogP contribution < -0.4 is 0 Å². The van der Waals surface area contributed by atoms with Crippen LogP contribution in [0, 0.1) is 5.92 Å². The van der Waals surface area contributed by atoms with Crippen molar-refractivity contribution < 1.29 is 9.53 Å². The van der Waals surface area contributed by atoms with Crippen LogP contribution in [-0.4, -0.2) is 45.4 Å². The number of amides is 1. The molecule has 0 bridgehead atoms. The molecule has 0 aromatic carbocycles. The Labute approximate surface area is 123 Å². The van der Waals surface area contributed by atoms with Crippen LogP contribution in [0.1, 0.15) is 49.0 Å². The number of ether oxygens (including phenoxy) is 1. The molecule has 1 aliphatic carbocycles. The average Bonchev–Trinajstić information content (AvgIpc) is 3.18. The van der Waals surface area contributed by atoms with Gasteiger partial charge in [-0.1, -0.05) is 12.8 Å². The number of hydrogen-bond donors (Lipinski definition) is 0. The van der Waals surface area contributed by atoms with E-state index < -0.39 is 0 Å². The zero-order chi connectivity index (χ0) is 13.8. The smallest absolute Gasteiger partial charge is 0.275 e. The lowest BCUT2D eigenvalue weighted by molar-refractivity contribution is -0.00602. The molecule has 3 rings (SSSR count). The SMILES string of the molecule is O=C(c1cnsn1)N1CCC(OCC2CCCC2)CC1. The fourth-order valence-corrected chi connectivity index (χ4v) is 3.50. The maximum Gasteiger partial charge on any atom is 0.275 e. The Balaban J connectivity index is 1.41. The lowest BCUT2D eigenvalue weighted by Gasteiger charge is -2.32. The normalized spacial score (nSPS) is 21.5. The first-order valence-corrected chi connectivity index (χ1v) is 8.24. The van der Waals surface area contributed by atoms with Gasteiger partial charge in [-0.15, -0.1) is 0 Å². The fourth-order valence-electron chi connectivity index (χ4n) is 3.10. The molecule has 6 heteroatoms. The molecule has 1 saturated carbocycles. The predicted octanol–water partition coefficient (Wildman–Crippen LogP) is 2.35. The van der Waals surface area contributed by atoms with E-state index in [0.29, 0.717) is 11.8 Å². The highest BCUT2D eigenvalue weighted by atomic mass is 32.1. The molecule has 2 heterocycles. The molecule has 2 aliphatic rings. The lowest BCUT2D eigenvalue weighted by atomic mass is 10.1. The summed E-state index contributed by atoms with van der Waals surface area (Å²) in [6, 6.07) is 0. The third-order valence-corrected chi connectivity index (χ3v) is 4.83. The molecule has 1 saturated heterocycles. The van der Waals surface area contributed by atoms with Crippen LogP contribution in [0.3, 0.4) is 0 Å². The summed E-state index contributed by atoms with van der Waals surface area (Å²) in [7, 11) is 0. The number of likely N-dealkylation sites (tertiary alicyclic amines) is 1. The number of hydrogen-bond acceptors (Lipinski definition) is 5. The summed E-state index contributed by atoms with van der Waals surface area (Å²) in [6.45, 7) is 2.45. The van der Waals surface area contributed by atoms with Gasteiger partial charge in [0.15, 0.2) is 5.69 Å². The van der Waals surface area contributed by atoms with Crippen LogP contribution >= 0.6 is 11.7 Å². The summed E-state index contributed by atoms with van der Waals surface area (Å²) < 4.78 is 13.9. The number of piperidine rings is 1. The molecule has 1 aliphatic heterocycles. The highest BCUT2D eigenvalue weighted by Gasteiger charge is 2.26. The van der Waals surface area contributed by atoms with Crippen LogP contribution in [0.15, 0.2) is 6.20 Å². The van der Waals surface area contributed by atoms with Crippen molar-refractivity contribution in [2.45, 2.75) is 44.6 Å². The Bertz CT molecular complexity index is 424. The minimum absolute atomic E-state index is 0.00740. The number of aromatic nitrogens is 2. The summed E-state index contributed by atoms with van der Waals surface area (Å²) in [4.78, 5) is 14.0. The van der Waals surface area contributed by atoms with Crippen LogP contribution in [0.2, 0.25) is 0 Å². The lowest BCUT2D eigenvalue weighted by Crippen LogP contribution is -2.41. The van der Waals surface area contributed by atoms with Crippen LogP contribution in [0.4, 0.5) is 0 Å². The summed E-state index contributed by atoms with van der Waals surface area (Å²) in [5.74, 6) is 0.781. The van der Waals surface area contributed by atoms with Gasteiger partial charge in [-0.05, 0) is 31.6 Å². The van der Waals surface area contributed by atoms with Crippen molar-refractivity contribution in [2.75, 3.05) is 19.7 Å². The third kappa shape index (κ3) is 3.35. The van der Waals surface area contributed by atoms with Crippen molar-refractivity contribution in [3.8, 4) is 0 Å². The molecular formula is C14H21N3O2S. The van der Waals surface area contributed by atoms with Gasteiger partial charge in [0, 0.05) is 19.7 Å². The fraction of sp³-hybridized carbons (Fsp3) is 0.786. The highest BCUT2D eigenvalue weighted by molar-refractivity contribution is 6.99. The highest BCUT2D eigenvalue weighted by Crippen LogP contribution is 2.26. The van der Waals surface area contributed by atoms with Gasteiger partial charge in [-0.25, -0.2) is 0 Å². The van der Waals surface area contributed by atoms with Crippen molar-refractivity contribution in [2.24, 2.45) is 5.92 Å². The first kappa shape index (κ1) is 13.9. The van der Waals surface area contributed by atoms with Gasteiger partial charge in [0.25, 0.3) is 5.91 Å². The van der Waals surface area contributed by atoms with E-state index >= 15 is 0 Å². The van der Waals surface area contributed by atoms with E-state index in [0.717, 1.165) is 50.2 Å². The Morgan fingerprint density at radius 2 is 2.05 bits per heavy atom. The summed E-state index contributed by atoms with van der Waals surface area (Å²) >= 11 is 1.08. The second-order valence-electron chi connectivity index (χ2n) is 5.77. The van der Waals surface area contributed by atoms with Gasteiger partial charge in [0.2, 0.25) is 0 Å². The Kier molecular flexibility index (Phi) is 4.62. The van der Waals surface area contributed by atoms with Crippen molar-refractivity contribution in [3.05, 3.63) is 11.9 Å². The van der Waals surface area contributed by atoms with E-state index in [1.54, 1.807) is 6.20 Å². The van der Waals surface area contributed by atoms with Crippen LogP contribution in [-0.2, 0) is 4.74 Å². The molecule has 2 fully saturated rings. The first-order valence-electron chi connectivity index (χ1n) is 7.51. The van der Waals surface area contributed by atoms with Crippen molar-refractivity contribution in [1.82, 2.24) is 13.6 Å². The van der Waals surface area contributed by atoms with Gasteiger partial charge < -0.3 is 9.64 Å². The van der Waals surface area contributed by atoms with E-state index in [1.165, 1.54) is 25.7 Å². The molecule has 20 heavy (non-hydrogen) atoms. The van der Waals surface area contributed by atoms with Crippen molar-refractivity contribution >= 4 is 17.6 Å². The zero-order valence-corrected chi connectivity index (χ0v) is 12.5. The quantitative estimate of drug-likeness (QED) is 0.855. The molecule has 5 nitrogen and oxygen atoms in total. The topological polar surface area (TPSA) is 55.3 Å². The number of nitrogens with zero attached hydrogens (tertiary/aromatic N) is 3. The number of carbonyl (C=O) groups is 1. The predicted molar refractivity (Wildman–Crippen MR) is 76.7 cm³/mol. The molecule has 0 spiro atoms. The largest absolute Gasteiger partial charge is 0.378 e. The number of rotatable bonds is 4. The molecular weight excluding hydrogens is 274 g/mol. The van der Waals surface area contributed by atoms with Gasteiger partial charge in [0.1, 0.15) is 0 Å². The van der Waals surface area contributed by atoms with Gasteiger partial charge in [-0.2, -0.15) is 8.75 Å². The van der Waals surface area contributed by atoms with Gasteiger partial charge >= 0.3 is 0 Å². The minimum Gasteiger partial charge on any atom is -0.378 e.